The van der Waals surface area contributed by atoms with Gasteiger partial charge >= 0.3 is 5.97 Å². The molecule has 1 aromatic heterocycles. The second-order valence-corrected chi connectivity index (χ2v) is 4.46. The van der Waals surface area contributed by atoms with Crippen LogP contribution in [0.5, 0.6) is 0 Å². The van der Waals surface area contributed by atoms with Crippen LogP contribution in [0.15, 0.2) is 12.4 Å². The summed E-state index contributed by atoms with van der Waals surface area (Å²) in [5.74, 6) is -0.0867. The minimum absolute atomic E-state index is 0.0700. The van der Waals surface area contributed by atoms with Gasteiger partial charge in [-0.1, -0.05) is 6.92 Å². The molecule has 0 saturated carbocycles. The maximum atomic E-state index is 10.6. The standard InChI is InChI=1S/C11H15N3O3/c1-7-2-8(15)6-14(5-7)10-4-12-9(3-13-10)11(16)17/h3-4,7-8,15H,2,5-6H2,1H3,(H,16,17). The van der Waals surface area contributed by atoms with Gasteiger partial charge in [0, 0.05) is 13.1 Å². The van der Waals surface area contributed by atoms with Crippen LogP contribution in [0.25, 0.3) is 0 Å². The van der Waals surface area contributed by atoms with Crippen LogP contribution in [0.1, 0.15) is 23.8 Å². The molecule has 0 aromatic carbocycles. The van der Waals surface area contributed by atoms with Crippen molar-refractivity contribution >= 4 is 11.8 Å². The lowest BCUT2D eigenvalue weighted by Gasteiger charge is -2.34. The molecule has 1 saturated heterocycles. The molecule has 17 heavy (non-hydrogen) atoms. The zero-order chi connectivity index (χ0) is 12.4. The number of carbonyl (C=O) groups is 1. The number of hydrogen-bond acceptors (Lipinski definition) is 5. The van der Waals surface area contributed by atoms with E-state index in [4.69, 9.17) is 5.11 Å². The van der Waals surface area contributed by atoms with Crippen LogP contribution < -0.4 is 4.90 Å². The molecule has 92 valence electrons. The number of carboxylic acids is 1. The number of carboxylic acid groups (broad SMARTS) is 1. The number of nitrogens with zero attached hydrogens (tertiary/aromatic N) is 3. The third-order valence-corrected chi connectivity index (χ3v) is 2.82. The van der Waals surface area contributed by atoms with Gasteiger partial charge in [-0.3, -0.25) is 0 Å². The molecule has 6 heteroatoms. The molecule has 0 spiro atoms. The summed E-state index contributed by atoms with van der Waals surface area (Å²) >= 11 is 0. The van der Waals surface area contributed by atoms with Crippen molar-refractivity contribution in [1.29, 1.82) is 0 Å². The average Bonchev–Trinajstić information content (AvgIpc) is 2.28. The Hall–Kier alpha value is -1.69. The Bertz CT molecular complexity index is 397. The second kappa shape index (κ2) is 4.67. The van der Waals surface area contributed by atoms with Gasteiger partial charge in [-0.15, -0.1) is 0 Å². The predicted molar refractivity (Wildman–Crippen MR) is 61.0 cm³/mol. The van der Waals surface area contributed by atoms with E-state index >= 15 is 0 Å². The van der Waals surface area contributed by atoms with Crippen LogP contribution >= 0.6 is 0 Å². The molecule has 2 unspecified atom stereocenters. The van der Waals surface area contributed by atoms with E-state index in [0.29, 0.717) is 18.3 Å². The summed E-state index contributed by atoms with van der Waals surface area (Å²) in [6.07, 6.45) is 3.11. The number of β-amino-alcohol motifs (C(OH)–C–C–N with tert-alkyl or cyclic N) is 1. The van der Waals surface area contributed by atoms with E-state index in [0.717, 1.165) is 13.0 Å². The van der Waals surface area contributed by atoms with E-state index in [1.54, 1.807) is 0 Å². The summed E-state index contributed by atoms with van der Waals surface area (Å²) < 4.78 is 0. The summed E-state index contributed by atoms with van der Waals surface area (Å²) in [5.41, 5.74) is -0.0700. The van der Waals surface area contributed by atoms with Gasteiger partial charge in [-0.2, -0.15) is 0 Å². The first-order valence-electron chi connectivity index (χ1n) is 5.54. The number of hydrogen-bond donors (Lipinski definition) is 2. The van der Waals surface area contributed by atoms with E-state index in [2.05, 4.69) is 16.9 Å². The van der Waals surface area contributed by atoms with Crippen molar-refractivity contribution in [2.45, 2.75) is 19.4 Å². The highest BCUT2D eigenvalue weighted by Crippen LogP contribution is 2.20. The molecule has 1 aliphatic rings. The SMILES string of the molecule is CC1CC(O)CN(c2cnc(C(=O)O)cn2)C1. The zero-order valence-corrected chi connectivity index (χ0v) is 9.58. The van der Waals surface area contributed by atoms with E-state index in [-0.39, 0.29) is 11.8 Å². The quantitative estimate of drug-likeness (QED) is 0.773. The molecule has 2 N–H and O–H groups in total. The van der Waals surface area contributed by atoms with Crippen molar-refractivity contribution in [3.8, 4) is 0 Å². The summed E-state index contributed by atoms with van der Waals surface area (Å²) in [5, 5.41) is 18.4. The van der Waals surface area contributed by atoms with Crippen LogP contribution in [0.2, 0.25) is 0 Å². The minimum atomic E-state index is -1.09. The summed E-state index contributed by atoms with van der Waals surface area (Å²) in [4.78, 5) is 20.4. The number of rotatable bonds is 2. The van der Waals surface area contributed by atoms with Crippen LogP contribution in [0.3, 0.4) is 0 Å². The number of piperidine rings is 1. The highest BCUT2D eigenvalue weighted by molar-refractivity contribution is 5.84. The molecular formula is C11H15N3O3. The maximum Gasteiger partial charge on any atom is 0.356 e. The lowest BCUT2D eigenvalue weighted by atomic mass is 9.98. The molecule has 1 fully saturated rings. The van der Waals surface area contributed by atoms with Crippen molar-refractivity contribution in [1.82, 2.24) is 9.97 Å². The Morgan fingerprint density at radius 1 is 1.41 bits per heavy atom. The van der Waals surface area contributed by atoms with Crippen molar-refractivity contribution in [3.05, 3.63) is 18.1 Å². The normalized spacial score (nSPS) is 24.7. The second-order valence-electron chi connectivity index (χ2n) is 4.46. The fraction of sp³-hybridized carbons (Fsp3) is 0.545. The third kappa shape index (κ3) is 2.71. The largest absolute Gasteiger partial charge is 0.476 e. The van der Waals surface area contributed by atoms with Crippen LogP contribution in [0, 0.1) is 5.92 Å². The number of anilines is 1. The van der Waals surface area contributed by atoms with E-state index in [1.807, 2.05) is 4.90 Å². The lowest BCUT2D eigenvalue weighted by Crippen LogP contribution is -2.42. The van der Waals surface area contributed by atoms with Gasteiger partial charge in [0.15, 0.2) is 5.69 Å². The number of aliphatic hydroxyl groups excluding tert-OH is 1. The Morgan fingerprint density at radius 3 is 2.71 bits per heavy atom. The lowest BCUT2D eigenvalue weighted by molar-refractivity contribution is 0.0690. The van der Waals surface area contributed by atoms with E-state index < -0.39 is 5.97 Å². The average molecular weight is 237 g/mol. The van der Waals surface area contributed by atoms with Crippen molar-refractivity contribution in [2.24, 2.45) is 5.92 Å². The number of aliphatic hydroxyl groups is 1. The maximum absolute atomic E-state index is 10.6. The monoisotopic (exact) mass is 237 g/mol. The highest BCUT2D eigenvalue weighted by atomic mass is 16.4. The van der Waals surface area contributed by atoms with Gasteiger partial charge < -0.3 is 15.1 Å². The molecule has 0 aliphatic carbocycles. The Kier molecular flexibility index (Phi) is 3.23. The molecular weight excluding hydrogens is 222 g/mol. The van der Waals surface area contributed by atoms with Crippen molar-refractivity contribution < 1.29 is 15.0 Å². The first-order chi connectivity index (χ1) is 8.06. The van der Waals surface area contributed by atoms with Gasteiger partial charge in [0.1, 0.15) is 5.82 Å². The van der Waals surface area contributed by atoms with Crippen molar-refractivity contribution in [3.63, 3.8) is 0 Å². The Balaban J connectivity index is 2.14. The zero-order valence-electron chi connectivity index (χ0n) is 9.58. The Labute approximate surface area is 98.9 Å². The fourth-order valence-electron chi connectivity index (χ4n) is 2.10. The summed E-state index contributed by atoms with van der Waals surface area (Å²) in [6.45, 7) is 3.39. The Morgan fingerprint density at radius 2 is 2.18 bits per heavy atom. The van der Waals surface area contributed by atoms with Gasteiger partial charge in [0.05, 0.1) is 18.5 Å². The highest BCUT2D eigenvalue weighted by Gasteiger charge is 2.24. The number of aromatic carboxylic acids is 1. The van der Waals surface area contributed by atoms with Gasteiger partial charge in [0.25, 0.3) is 0 Å². The van der Waals surface area contributed by atoms with E-state index in [1.165, 1.54) is 12.4 Å². The smallest absolute Gasteiger partial charge is 0.356 e. The molecule has 2 rings (SSSR count). The molecule has 0 bridgehead atoms. The molecule has 6 nitrogen and oxygen atoms in total. The summed E-state index contributed by atoms with van der Waals surface area (Å²) in [7, 11) is 0. The summed E-state index contributed by atoms with van der Waals surface area (Å²) in [6, 6.07) is 0. The van der Waals surface area contributed by atoms with Crippen LogP contribution in [-0.4, -0.2) is 45.3 Å². The van der Waals surface area contributed by atoms with Gasteiger partial charge in [-0.05, 0) is 12.3 Å². The first-order valence-corrected chi connectivity index (χ1v) is 5.54. The van der Waals surface area contributed by atoms with Gasteiger partial charge in [-0.25, -0.2) is 14.8 Å². The first kappa shape index (κ1) is 11.8. The predicted octanol–water partition coefficient (Wildman–Crippen LogP) is 0.382. The van der Waals surface area contributed by atoms with E-state index in [9.17, 15) is 9.90 Å². The molecule has 0 radical (unpaired) electrons. The van der Waals surface area contributed by atoms with Crippen LogP contribution in [-0.2, 0) is 0 Å². The van der Waals surface area contributed by atoms with Gasteiger partial charge in [0.2, 0.25) is 0 Å². The van der Waals surface area contributed by atoms with Crippen molar-refractivity contribution in [2.75, 3.05) is 18.0 Å². The fourth-order valence-corrected chi connectivity index (χ4v) is 2.10. The minimum Gasteiger partial charge on any atom is -0.476 e. The molecule has 2 atom stereocenters. The molecule has 1 aromatic rings. The molecule has 0 amide bonds. The molecule has 1 aliphatic heterocycles. The molecule has 2 heterocycles. The number of aromatic nitrogens is 2. The van der Waals surface area contributed by atoms with Crippen LogP contribution in [0.4, 0.5) is 5.82 Å². The third-order valence-electron chi connectivity index (χ3n) is 2.82. The topological polar surface area (TPSA) is 86.5 Å².